The number of halogens is 2. The van der Waals surface area contributed by atoms with Gasteiger partial charge in [0.05, 0.1) is 0 Å². The number of hydrogen-bond acceptors (Lipinski definition) is 1. The summed E-state index contributed by atoms with van der Waals surface area (Å²) in [6.45, 7) is 0. The maximum Gasteiger partial charge on any atom is 0.256 e. The van der Waals surface area contributed by atoms with E-state index in [0.717, 1.165) is 22.3 Å². The van der Waals surface area contributed by atoms with Gasteiger partial charge in [0.15, 0.2) is 0 Å². The molecule has 0 radical (unpaired) electrons. The molecule has 0 atom stereocenters. The monoisotopic (exact) mass is 377 g/mol. The lowest BCUT2D eigenvalue weighted by Crippen LogP contribution is -2.11. The van der Waals surface area contributed by atoms with Crippen LogP contribution in [0.5, 0.6) is 0 Å². The molecule has 3 aromatic rings. The first-order valence-electron chi connectivity index (χ1n) is 8.05. The highest BCUT2D eigenvalue weighted by Gasteiger charge is 2.22. The number of carbonyl (C=O) groups is 1. The molecule has 0 unspecified atom stereocenters. The Morgan fingerprint density at radius 2 is 1.58 bits per heavy atom. The van der Waals surface area contributed by atoms with E-state index in [4.69, 9.17) is 23.2 Å². The van der Waals surface area contributed by atoms with Gasteiger partial charge in [-0.15, -0.1) is 5.73 Å². The molecule has 1 aliphatic rings. The Kier molecular flexibility index (Phi) is 4.40. The van der Waals surface area contributed by atoms with E-state index in [-0.39, 0.29) is 5.91 Å². The number of fused-ring (bicyclic) bond motifs is 2. The second-order valence-corrected chi connectivity index (χ2v) is 6.78. The quantitative estimate of drug-likeness (QED) is 0.495. The Labute approximate surface area is 161 Å². The van der Waals surface area contributed by atoms with Crippen LogP contribution < -0.4 is 5.32 Å². The van der Waals surface area contributed by atoms with E-state index in [1.807, 2.05) is 60.7 Å². The molecule has 3 aromatic carbocycles. The van der Waals surface area contributed by atoms with Crippen molar-refractivity contribution in [2.45, 2.75) is 0 Å². The molecule has 0 bridgehead atoms. The molecular weight excluding hydrogens is 365 g/mol. The summed E-state index contributed by atoms with van der Waals surface area (Å²) < 4.78 is 0. The number of nitrogens with one attached hydrogen (secondary N) is 1. The molecule has 1 amide bonds. The minimum Gasteiger partial charge on any atom is -0.321 e. The Morgan fingerprint density at radius 1 is 0.808 bits per heavy atom. The minimum atomic E-state index is -0.149. The van der Waals surface area contributed by atoms with Crippen LogP contribution in [0, 0.1) is 0 Å². The zero-order chi connectivity index (χ0) is 18.1. The molecule has 1 N–H and O–H groups in total. The fourth-order valence-electron chi connectivity index (χ4n) is 2.97. The normalized spacial score (nSPS) is 12.4. The van der Waals surface area contributed by atoms with Crippen LogP contribution in [0.2, 0.25) is 10.0 Å². The van der Waals surface area contributed by atoms with Gasteiger partial charge in [0, 0.05) is 38.0 Å². The van der Waals surface area contributed by atoms with Gasteiger partial charge in [0.2, 0.25) is 0 Å². The van der Waals surface area contributed by atoms with Crippen molar-refractivity contribution in [2.24, 2.45) is 0 Å². The second kappa shape index (κ2) is 6.86. The van der Waals surface area contributed by atoms with Crippen LogP contribution in [0.3, 0.4) is 0 Å². The van der Waals surface area contributed by atoms with E-state index in [2.05, 4.69) is 11.0 Å². The summed E-state index contributed by atoms with van der Waals surface area (Å²) in [4.78, 5) is 12.6. The van der Waals surface area contributed by atoms with Gasteiger partial charge in [-0.2, -0.15) is 0 Å². The third-order valence-corrected chi connectivity index (χ3v) is 4.64. The molecule has 0 spiro atoms. The first-order valence-corrected chi connectivity index (χ1v) is 8.80. The molecule has 126 valence electrons. The number of benzene rings is 3. The van der Waals surface area contributed by atoms with E-state index >= 15 is 0 Å². The van der Waals surface area contributed by atoms with E-state index in [9.17, 15) is 4.79 Å². The van der Waals surface area contributed by atoms with Gasteiger partial charge in [0.25, 0.3) is 5.91 Å². The van der Waals surface area contributed by atoms with Gasteiger partial charge in [-0.3, -0.25) is 4.79 Å². The van der Waals surface area contributed by atoms with Crippen LogP contribution in [0.15, 0.2) is 72.5 Å². The van der Waals surface area contributed by atoms with Crippen LogP contribution in [-0.2, 0) is 0 Å². The zero-order valence-electron chi connectivity index (χ0n) is 13.6. The van der Waals surface area contributed by atoms with Crippen LogP contribution in [0.4, 0.5) is 5.69 Å². The van der Waals surface area contributed by atoms with Gasteiger partial charge in [-0.05, 0) is 48.0 Å². The summed E-state index contributed by atoms with van der Waals surface area (Å²) in [7, 11) is 0. The Morgan fingerprint density at radius 3 is 2.38 bits per heavy atom. The SMILES string of the molecule is O=C1Nc2ccc(Cl)cc2C(=C=Cc2cccc(Cl)c2)c2ccccc21. The Bertz CT molecular complexity index is 1090. The average Bonchev–Trinajstić information content (AvgIpc) is 2.75. The standard InChI is InChI=1S/C22H13Cl2NO/c23-15-5-3-4-14(12-15)8-10-18-17-6-1-2-7-19(17)22(26)25-21-11-9-16(24)13-20(18)21/h1-9,11-13H,(H,25,26). The Hall–Kier alpha value is -2.77. The first kappa shape index (κ1) is 16.7. The molecular formula is C22H13Cl2NO. The van der Waals surface area contributed by atoms with Gasteiger partial charge >= 0.3 is 0 Å². The fraction of sp³-hybridized carbons (Fsp3) is 0. The molecule has 1 heterocycles. The highest BCUT2D eigenvalue weighted by Crippen LogP contribution is 2.36. The van der Waals surface area contributed by atoms with Crippen LogP contribution in [-0.4, -0.2) is 5.91 Å². The number of amides is 1. The van der Waals surface area contributed by atoms with Crippen molar-refractivity contribution in [3.05, 3.63) is 105 Å². The van der Waals surface area contributed by atoms with Crippen LogP contribution >= 0.6 is 23.2 Å². The molecule has 4 rings (SSSR count). The molecule has 0 saturated carbocycles. The van der Waals surface area contributed by atoms with Gasteiger partial charge in [-0.25, -0.2) is 0 Å². The van der Waals surface area contributed by atoms with E-state index < -0.39 is 0 Å². The average molecular weight is 378 g/mol. The number of anilines is 1. The summed E-state index contributed by atoms with van der Waals surface area (Å²) in [6, 6.07) is 20.4. The molecule has 0 saturated heterocycles. The molecule has 4 heteroatoms. The van der Waals surface area contributed by atoms with Crippen molar-refractivity contribution in [3.63, 3.8) is 0 Å². The van der Waals surface area contributed by atoms with Crippen LogP contribution in [0.25, 0.3) is 11.6 Å². The summed E-state index contributed by atoms with van der Waals surface area (Å²) in [5.41, 5.74) is 8.02. The summed E-state index contributed by atoms with van der Waals surface area (Å²) in [5.74, 6) is -0.149. The topological polar surface area (TPSA) is 29.1 Å². The largest absolute Gasteiger partial charge is 0.321 e. The highest BCUT2D eigenvalue weighted by molar-refractivity contribution is 6.31. The van der Waals surface area contributed by atoms with Crippen molar-refractivity contribution in [2.75, 3.05) is 5.32 Å². The third-order valence-electron chi connectivity index (χ3n) is 4.17. The van der Waals surface area contributed by atoms with Gasteiger partial charge in [0.1, 0.15) is 0 Å². The predicted octanol–water partition coefficient (Wildman–Crippen LogP) is 6.30. The van der Waals surface area contributed by atoms with Crippen molar-refractivity contribution in [1.29, 1.82) is 0 Å². The lowest BCUT2D eigenvalue weighted by molar-refractivity contribution is 0.102. The van der Waals surface area contributed by atoms with Gasteiger partial charge < -0.3 is 5.32 Å². The lowest BCUT2D eigenvalue weighted by Gasteiger charge is -2.08. The molecule has 1 aliphatic heterocycles. The minimum absolute atomic E-state index is 0.149. The first-order chi connectivity index (χ1) is 12.6. The number of carbonyl (C=O) groups excluding carboxylic acids is 1. The molecule has 0 aliphatic carbocycles. The molecule has 26 heavy (non-hydrogen) atoms. The second-order valence-electron chi connectivity index (χ2n) is 5.91. The summed E-state index contributed by atoms with van der Waals surface area (Å²) in [6.07, 6.45) is 1.86. The maximum absolute atomic E-state index is 12.6. The molecule has 0 aromatic heterocycles. The van der Waals surface area contributed by atoms with E-state index in [0.29, 0.717) is 21.3 Å². The number of rotatable bonds is 1. The third kappa shape index (κ3) is 3.18. The van der Waals surface area contributed by atoms with Crippen LogP contribution in [0.1, 0.15) is 27.0 Å². The smallest absolute Gasteiger partial charge is 0.256 e. The lowest BCUT2D eigenvalue weighted by atomic mass is 9.94. The fourth-order valence-corrected chi connectivity index (χ4v) is 3.34. The van der Waals surface area contributed by atoms with Gasteiger partial charge in [-0.1, -0.05) is 53.5 Å². The van der Waals surface area contributed by atoms with Crippen molar-refractivity contribution >= 4 is 46.4 Å². The van der Waals surface area contributed by atoms with Crippen molar-refractivity contribution in [1.82, 2.24) is 0 Å². The summed E-state index contributed by atoms with van der Waals surface area (Å²) >= 11 is 12.3. The van der Waals surface area contributed by atoms with E-state index in [1.165, 1.54) is 0 Å². The predicted molar refractivity (Wildman–Crippen MR) is 108 cm³/mol. The van der Waals surface area contributed by atoms with E-state index in [1.54, 1.807) is 12.1 Å². The molecule has 0 fully saturated rings. The number of hydrogen-bond donors (Lipinski definition) is 1. The maximum atomic E-state index is 12.6. The zero-order valence-corrected chi connectivity index (χ0v) is 15.1. The van der Waals surface area contributed by atoms with Crippen molar-refractivity contribution < 1.29 is 4.79 Å². The van der Waals surface area contributed by atoms with Crippen molar-refractivity contribution in [3.8, 4) is 0 Å². The summed E-state index contributed by atoms with van der Waals surface area (Å²) in [5, 5.41) is 4.21. The molecule has 2 nitrogen and oxygen atoms in total. The Balaban J connectivity index is 2.01. The highest BCUT2D eigenvalue weighted by atomic mass is 35.5.